The fourth-order valence-electron chi connectivity index (χ4n) is 3.08. The smallest absolute Gasteiger partial charge is 0.338 e. The van der Waals surface area contributed by atoms with E-state index >= 15 is 0 Å². The lowest BCUT2D eigenvalue weighted by atomic mass is 10.2. The molecule has 1 heterocycles. The number of rotatable bonds is 6. The van der Waals surface area contributed by atoms with E-state index in [1.165, 1.54) is 17.0 Å². The van der Waals surface area contributed by atoms with Gasteiger partial charge in [0.2, 0.25) is 5.91 Å². The van der Waals surface area contributed by atoms with E-state index in [4.69, 9.17) is 0 Å². The highest BCUT2D eigenvalue weighted by Gasteiger charge is 2.31. The summed E-state index contributed by atoms with van der Waals surface area (Å²) in [6.45, 7) is 10.8. The van der Waals surface area contributed by atoms with E-state index in [1.54, 1.807) is 4.90 Å². The van der Waals surface area contributed by atoms with Crippen LogP contribution in [0, 0.1) is 0 Å². The van der Waals surface area contributed by atoms with Gasteiger partial charge in [-0.25, -0.2) is 4.79 Å². The lowest BCUT2D eigenvalue weighted by Gasteiger charge is -2.35. The second kappa shape index (κ2) is 9.78. The zero-order valence-corrected chi connectivity index (χ0v) is 16.8. The molecule has 1 aliphatic heterocycles. The summed E-state index contributed by atoms with van der Waals surface area (Å²) in [6.07, 6.45) is -4.46. The SMILES string of the molecule is C=C(C)CN(CC)C(=O)CN1CCN(C(=O)Nc2cccc(C(F)(F)F)c2)CC1. The maximum atomic E-state index is 12.8. The molecule has 9 heteroatoms. The van der Waals surface area contributed by atoms with Gasteiger partial charge in [0.1, 0.15) is 0 Å². The molecule has 29 heavy (non-hydrogen) atoms. The van der Waals surface area contributed by atoms with Gasteiger partial charge in [-0.1, -0.05) is 18.2 Å². The lowest BCUT2D eigenvalue weighted by molar-refractivity contribution is -0.137. The summed E-state index contributed by atoms with van der Waals surface area (Å²) >= 11 is 0. The molecule has 0 aromatic heterocycles. The van der Waals surface area contributed by atoms with E-state index in [-0.39, 0.29) is 18.1 Å². The quantitative estimate of drug-likeness (QED) is 0.730. The summed E-state index contributed by atoms with van der Waals surface area (Å²) in [5.74, 6) is 0.0115. The molecule has 1 fully saturated rings. The maximum Gasteiger partial charge on any atom is 0.416 e. The maximum absolute atomic E-state index is 12.8. The van der Waals surface area contributed by atoms with Crippen LogP contribution in [0.4, 0.5) is 23.7 Å². The van der Waals surface area contributed by atoms with Gasteiger partial charge in [-0.05, 0) is 32.0 Å². The van der Waals surface area contributed by atoms with Crippen molar-refractivity contribution in [3.05, 3.63) is 42.0 Å². The predicted molar refractivity (Wildman–Crippen MR) is 106 cm³/mol. The Morgan fingerprint density at radius 1 is 1.21 bits per heavy atom. The topological polar surface area (TPSA) is 55.9 Å². The van der Waals surface area contributed by atoms with Gasteiger partial charge in [0.15, 0.2) is 0 Å². The monoisotopic (exact) mass is 412 g/mol. The Morgan fingerprint density at radius 2 is 1.86 bits per heavy atom. The number of carbonyl (C=O) groups is 2. The molecule has 1 aromatic rings. The Hall–Kier alpha value is -2.55. The third kappa shape index (κ3) is 6.77. The van der Waals surface area contributed by atoms with E-state index in [0.29, 0.717) is 39.3 Å². The van der Waals surface area contributed by atoms with Gasteiger partial charge in [0.25, 0.3) is 0 Å². The van der Waals surface area contributed by atoms with Crippen LogP contribution in [0.3, 0.4) is 0 Å². The molecule has 1 aromatic carbocycles. The van der Waals surface area contributed by atoms with E-state index in [0.717, 1.165) is 17.7 Å². The first-order valence-corrected chi connectivity index (χ1v) is 9.48. The molecule has 0 radical (unpaired) electrons. The second-order valence-corrected chi connectivity index (χ2v) is 7.14. The van der Waals surface area contributed by atoms with Gasteiger partial charge in [-0.2, -0.15) is 13.2 Å². The number of anilines is 1. The summed E-state index contributed by atoms with van der Waals surface area (Å²) in [4.78, 5) is 30.0. The molecule has 6 nitrogen and oxygen atoms in total. The minimum absolute atomic E-state index is 0.0115. The van der Waals surface area contributed by atoms with Gasteiger partial charge in [0.05, 0.1) is 12.1 Å². The van der Waals surface area contributed by atoms with Gasteiger partial charge in [-0.15, -0.1) is 0 Å². The summed E-state index contributed by atoms with van der Waals surface area (Å²) in [7, 11) is 0. The molecule has 0 aliphatic carbocycles. The molecule has 1 saturated heterocycles. The number of amides is 3. The molecule has 0 saturated carbocycles. The van der Waals surface area contributed by atoms with Crippen molar-refractivity contribution in [1.82, 2.24) is 14.7 Å². The molecule has 3 amide bonds. The zero-order chi connectivity index (χ0) is 21.6. The number of urea groups is 1. The van der Waals surface area contributed by atoms with Gasteiger partial charge < -0.3 is 15.1 Å². The van der Waals surface area contributed by atoms with Crippen molar-refractivity contribution in [1.29, 1.82) is 0 Å². The number of carbonyl (C=O) groups excluding carboxylic acids is 2. The average molecular weight is 412 g/mol. The number of likely N-dealkylation sites (N-methyl/N-ethyl adjacent to an activating group) is 1. The van der Waals surface area contributed by atoms with Crippen LogP contribution in [0.15, 0.2) is 36.4 Å². The molecule has 1 N–H and O–H groups in total. The van der Waals surface area contributed by atoms with Crippen LogP contribution in [-0.2, 0) is 11.0 Å². The summed E-state index contributed by atoms with van der Waals surface area (Å²) < 4.78 is 38.4. The summed E-state index contributed by atoms with van der Waals surface area (Å²) in [5, 5.41) is 2.51. The molecule has 160 valence electrons. The number of hydrogen-bond acceptors (Lipinski definition) is 3. The van der Waals surface area contributed by atoms with Crippen LogP contribution < -0.4 is 5.32 Å². The first kappa shape index (κ1) is 22.7. The van der Waals surface area contributed by atoms with Crippen LogP contribution in [-0.4, -0.2) is 72.5 Å². The molecule has 0 bridgehead atoms. The number of benzene rings is 1. The molecule has 0 spiro atoms. The van der Waals surface area contributed by atoms with E-state index in [1.807, 2.05) is 18.7 Å². The number of nitrogens with zero attached hydrogens (tertiary/aromatic N) is 3. The highest BCUT2D eigenvalue weighted by atomic mass is 19.4. The van der Waals surface area contributed by atoms with Crippen LogP contribution in [0.2, 0.25) is 0 Å². The van der Waals surface area contributed by atoms with Crippen molar-refractivity contribution in [2.24, 2.45) is 0 Å². The molecule has 2 rings (SSSR count). The van der Waals surface area contributed by atoms with Crippen molar-refractivity contribution in [2.45, 2.75) is 20.0 Å². The first-order chi connectivity index (χ1) is 13.6. The number of piperazine rings is 1. The highest BCUT2D eigenvalue weighted by molar-refractivity contribution is 5.89. The summed E-state index contributed by atoms with van der Waals surface area (Å²) in [5.41, 5.74) is 0.200. The minimum Gasteiger partial charge on any atom is -0.338 e. The van der Waals surface area contributed by atoms with Crippen molar-refractivity contribution in [2.75, 3.05) is 51.1 Å². The van der Waals surface area contributed by atoms with Crippen molar-refractivity contribution in [3.8, 4) is 0 Å². The van der Waals surface area contributed by atoms with Crippen molar-refractivity contribution >= 4 is 17.6 Å². The zero-order valence-electron chi connectivity index (χ0n) is 16.8. The Labute approximate surface area is 168 Å². The molecular weight excluding hydrogens is 385 g/mol. The van der Waals surface area contributed by atoms with Crippen LogP contribution >= 0.6 is 0 Å². The van der Waals surface area contributed by atoms with Crippen LogP contribution in [0.5, 0.6) is 0 Å². The Bertz CT molecular complexity index is 743. The average Bonchev–Trinajstić information content (AvgIpc) is 2.66. The highest BCUT2D eigenvalue weighted by Crippen LogP contribution is 2.30. The third-order valence-electron chi connectivity index (χ3n) is 4.65. The lowest BCUT2D eigenvalue weighted by Crippen LogP contribution is -2.52. The van der Waals surface area contributed by atoms with E-state index in [9.17, 15) is 22.8 Å². The van der Waals surface area contributed by atoms with Gasteiger partial charge in [-0.3, -0.25) is 9.69 Å². The Balaban J connectivity index is 1.85. The van der Waals surface area contributed by atoms with E-state index < -0.39 is 17.8 Å². The Kier molecular flexibility index (Phi) is 7.66. The first-order valence-electron chi connectivity index (χ1n) is 9.48. The minimum atomic E-state index is -4.46. The fraction of sp³-hybridized carbons (Fsp3) is 0.500. The molecule has 0 atom stereocenters. The van der Waals surface area contributed by atoms with Gasteiger partial charge >= 0.3 is 12.2 Å². The Morgan fingerprint density at radius 3 is 2.41 bits per heavy atom. The van der Waals surface area contributed by atoms with E-state index in [2.05, 4.69) is 11.9 Å². The fourth-order valence-corrected chi connectivity index (χ4v) is 3.08. The normalized spacial score (nSPS) is 15.1. The molecule has 0 unspecified atom stereocenters. The molecular formula is C20H27F3N4O2. The van der Waals surface area contributed by atoms with Crippen molar-refractivity contribution in [3.63, 3.8) is 0 Å². The number of nitrogens with one attached hydrogen (secondary N) is 1. The predicted octanol–water partition coefficient (Wildman–Crippen LogP) is 3.28. The number of halogens is 3. The summed E-state index contributed by atoms with van der Waals surface area (Å²) in [6, 6.07) is 4.09. The van der Waals surface area contributed by atoms with Gasteiger partial charge in [0, 0.05) is 45.0 Å². The van der Waals surface area contributed by atoms with Crippen LogP contribution in [0.25, 0.3) is 0 Å². The van der Waals surface area contributed by atoms with Crippen LogP contribution in [0.1, 0.15) is 19.4 Å². The second-order valence-electron chi connectivity index (χ2n) is 7.14. The largest absolute Gasteiger partial charge is 0.416 e. The van der Waals surface area contributed by atoms with Crippen molar-refractivity contribution < 1.29 is 22.8 Å². The third-order valence-corrected chi connectivity index (χ3v) is 4.65. The number of hydrogen-bond donors (Lipinski definition) is 1. The molecule has 1 aliphatic rings. The standard InChI is InChI=1S/C20H27F3N4O2/c1-4-26(13-15(2)3)18(28)14-25-8-10-27(11-9-25)19(29)24-17-7-5-6-16(12-17)20(21,22)23/h5-7,12H,2,4,8-11,13-14H2,1,3H3,(H,24,29). The number of alkyl halides is 3.